The fourth-order valence-corrected chi connectivity index (χ4v) is 7.12. The van der Waals surface area contributed by atoms with Crippen LogP contribution < -0.4 is 10.5 Å². The Labute approximate surface area is 230 Å². The van der Waals surface area contributed by atoms with Crippen LogP contribution in [0.3, 0.4) is 0 Å². The predicted molar refractivity (Wildman–Crippen MR) is 149 cm³/mol. The van der Waals surface area contributed by atoms with Crippen LogP contribution in [0.15, 0.2) is 42.5 Å². The number of nitrogens with zero attached hydrogens (tertiary/aromatic N) is 2. The van der Waals surface area contributed by atoms with Gasteiger partial charge in [-0.25, -0.2) is 4.39 Å². The zero-order chi connectivity index (χ0) is 26.8. The third-order valence-corrected chi connectivity index (χ3v) is 9.40. The molecule has 1 spiro atoms. The van der Waals surface area contributed by atoms with Crippen molar-refractivity contribution >= 4 is 35.3 Å². The number of hydrogen-bond donors (Lipinski definition) is 1. The maximum atomic E-state index is 12.5. The molecule has 5 nitrogen and oxygen atoms in total. The van der Waals surface area contributed by atoms with Crippen molar-refractivity contribution in [3.8, 4) is 5.75 Å². The SMILES string of the molecule is CC(C)Oc1ccc(C2C(Cl)(Cl)C23CCN(C2CCN(C=O)CC2)CC3)cc1.Cc1cccc(F)c1N. The highest BCUT2D eigenvalue weighted by Crippen LogP contribution is 2.78. The zero-order valence-corrected chi connectivity index (χ0v) is 23.4. The minimum Gasteiger partial charge on any atom is -0.491 e. The fourth-order valence-electron chi connectivity index (χ4n) is 5.96. The highest BCUT2D eigenvalue weighted by Gasteiger charge is 2.75. The van der Waals surface area contributed by atoms with Gasteiger partial charge < -0.3 is 20.3 Å². The first-order valence-corrected chi connectivity index (χ1v) is 13.9. The lowest BCUT2D eigenvalue weighted by atomic mass is 9.87. The number of aryl methyl sites for hydroxylation is 1. The number of amides is 1. The van der Waals surface area contributed by atoms with E-state index in [-0.39, 0.29) is 28.9 Å². The lowest BCUT2D eigenvalue weighted by Gasteiger charge is -2.41. The standard InChI is InChI=1S/C22H30Cl2N2O2.C7H8FN/c1-16(2)28-19-5-3-17(4-6-19)20-21(22(20,23)24)9-13-26(14-10-21)18-7-11-25(15-27)12-8-18;1-5-3-2-4-6(8)7(5)9/h3-6,15-16,18,20H,7-14H2,1-2H3;2-4H,9H2,1H3. The van der Waals surface area contributed by atoms with Crippen LogP contribution in [0.4, 0.5) is 10.1 Å². The Kier molecular flexibility index (Phi) is 8.61. The molecule has 2 aromatic carbocycles. The molecule has 5 rings (SSSR count). The van der Waals surface area contributed by atoms with Gasteiger partial charge in [0.15, 0.2) is 0 Å². The lowest BCUT2D eigenvalue weighted by Crippen LogP contribution is -2.48. The molecule has 2 aromatic rings. The van der Waals surface area contributed by atoms with Gasteiger partial charge in [0.25, 0.3) is 0 Å². The van der Waals surface area contributed by atoms with Crippen molar-refractivity contribution < 1.29 is 13.9 Å². The smallest absolute Gasteiger partial charge is 0.209 e. The topological polar surface area (TPSA) is 58.8 Å². The molecule has 202 valence electrons. The van der Waals surface area contributed by atoms with E-state index in [1.165, 1.54) is 11.6 Å². The molecular formula is C29H38Cl2FN3O2. The third-order valence-electron chi connectivity index (χ3n) is 8.21. The maximum absolute atomic E-state index is 12.5. The molecule has 2 aliphatic heterocycles. The quantitative estimate of drug-likeness (QED) is 0.275. The molecule has 1 saturated carbocycles. The van der Waals surface area contributed by atoms with Crippen molar-refractivity contribution in [2.45, 2.75) is 68.9 Å². The number of para-hydroxylation sites is 1. The fraction of sp³-hybridized carbons (Fsp3) is 0.552. The summed E-state index contributed by atoms with van der Waals surface area (Å²) in [5.74, 6) is 0.741. The van der Waals surface area contributed by atoms with Crippen LogP contribution in [0.2, 0.25) is 0 Å². The van der Waals surface area contributed by atoms with Crippen LogP contribution in [-0.2, 0) is 4.79 Å². The van der Waals surface area contributed by atoms with E-state index in [1.807, 2.05) is 30.9 Å². The molecule has 2 saturated heterocycles. The van der Waals surface area contributed by atoms with Gasteiger partial charge in [-0.2, -0.15) is 0 Å². The van der Waals surface area contributed by atoms with E-state index >= 15 is 0 Å². The normalized spacial score (nSPS) is 22.9. The summed E-state index contributed by atoms with van der Waals surface area (Å²) in [6.45, 7) is 9.66. The first-order chi connectivity index (χ1) is 17.6. The summed E-state index contributed by atoms with van der Waals surface area (Å²) in [5, 5.41) is 0. The van der Waals surface area contributed by atoms with Gasteiger partial charge in [-0.3, -0.25) is 4.79 Å². The molecule has 1 unspecified atom stereocenters. The van der Waals surface area contributed by atoms with Gasteiger partial charge in [-0.1, -0.05) is 24.3 Å². The first kappa shape index (κ1) is 28.0. The average molecular weight is 551 g/mol. The number of ether oxygens (including phenoxy) is 1. The van der Waals surface area contributed by atoms with E-state index in [4.69, 9.17) is 33.7 Å². The second-order valence-corrected chi connectivity index (χ2v) is 12.2. The van der Waals surface area contributed by atoms with Gasteiger partial charge in [0.1, 0.15) is 15.9 Å². The maximum Gasteiger partial charge on any atom is 0.209 e. The number of hydrogen-bond acceptors (Lipinski definition) is 4. The molecule has 0 bridgehead atoms. The Bertz CT molecular complexity index is 1040. The number of halogens is 3. The van der Waals surface area contributed by atoms with Gasteiger partial charge >= 0.3 is 0 Å². The Morgan fingerprint density at radius 3 is 2.19 bits per heavy atom. The third kappa shape index (κ3) is 5.86. The minimum atomic E-state index is -0.680. The second kappa shape index (κ2) is 11.4. The van der Waals surface area contributed by atoms with Gasteiger partial charge in [0, 0.05) is 30.5 Å². The van der Waals surface area contributed by atoms with Gasteiger partial charge in [-0.15, -0.1) is 23.2 Å². The molecule has 1 atom stereocenters. The highest BCUT2D eigenvalue weighted by molar-refractivity contribution is 6.52. The molecule has 1 aliphatic carbocycles. The van der Waals surface area contributed by atoms with E-state index in [9.17, 15) is 9.18 Å². The number of anilines is 1. The van der Waals surface area contributed by atoms with E-state index in [0.717, 1.165) is 69.6 Å². The summed E-state index contributed by atoms with van der Waals surface area (Å²) in [6.07, 6.45) is 5.34. The number of nitrogens with two attached hydrogens (primary N) is 1. The summed E-state index contributed by atoms with van der Waals surface area (Å²) in [5.41, 5.74) is 7.54. The second-order valence-electron chi connectivity index (χ2n) is 10.8. The van der Waals surface area contributed by atoms with E-state index in [2.05, 4.69) is 17.0 Å². The first-order valence-electron chi connectivity index (χ1n) is 13.2. The zero-order valence-electron chi connectivity index (χ0n) is 21.9. The van der Waals surface area contributed by atoms with Crippen LogP contribution in [0.1, 0.15) is 56.6 Å². The van der Waals surface area contributed by atoms with E-state index in [1.54, 1.807) is 19.1 Å². The molecular weight excluding hydrogens is 512 g/mol. The molecule has 3 aliphatic rings. The number of likely N-dealkylation sites (tertiary alicyclic amines) is 2. The molecule has 37 heavy (non-hydrogen) atoms. The monoisotopic (exact) mass is 549 g/mol. The summed E-state index contributed by atoms with van der Waals surface area (Å²) in [4.78, 5) is 15.4. The molecule has 3 fully saturated rings. The molecule has 2 N–H and O–H groups in total. The van der Waals surface area contributed by atoms with Gasteiger partial charge in [0.2, 0.25) is 6.41 Å². The number of piperidine rings is 2. The van der Waals surface area contributed by atoms with Crippen LogP contribution in [0, 0.1) is 18.2 Å². The van der Waals surface area contributed by atoms with Gasteiger partial charge in [-0.05, 0) is 88.9 Å². The van der Waals surface area contributed by atoms with E-state index in [0.29, 0.717) is 6.04 Å². The lowest BCUT2D eigenvalue weighted by molar-refractivity contribution is -0.119. The van der Waals surface area contributed by atoms with Crippen LogP contribution in [0.25, 0.3) is 0 Å². The van der Waals surface area contributed by atoms with Crippen LogP contribution in [0.5, 0.6) is 5.75 Å². The Morgan fingerprint density at radius 1 is 1.05 bits per heavy atom. The Balaban J connectivity index is 0.000000301. The largest absolute Gasteiger partial charge is 0.491 e. The molecule has 2 heterocycles. The van der Waals surface area contributed by atoms with Crippen LogP contribution >= 0.6 is 23.2 Å². The number of alkyl halides is 2. The summed E-state index contributed by atoms with van der Waals surface area (Å²) in [6, 6.07) is 13.7. The van der Waals surface area contributed by atoms with Crippen molar-refractivity contribution in [2.75, 3.05) is 31.9 Å². The van der Waals surface area contributed by atoms with Crippen molar-refractivity contribution in [1.29, 1.82) is 0 Å². The minimum absolute atomic E-state index is 0.0173. The van der Waals surface area contributed by atoms with Crippen LogP contribution in [-0.4, -0.2) is 58.9 Å². The average Bonchev–Trinajstić information content (AvgIpc) is 3.36. The summed E-state index contributed by atoms with van der Waals surface area (Å²) < 4.78 is 17.5. The number of carbonyl (C=O) groups excluding carboxylic acids is 1. The molecule has 1 amide bonds. The number of benzene rings is 2. The van der Waals surface area contributed by atoms with Gasteiger partial charge in [0.05, 0.1) is 11.8 Å². The highest BCUT2D eigenvalue weighted by atomic mass is 35.5. The summed E-state index contributed by atoms with van der Waals surface area (Å²) in [7, 11) is 0. The Morgan fingerprint density at radius 2 is 1.68 bits per heavy atom. The Hall–Kier alpha value is -2.02. The molecule has 8 heteroatoms. The van der Waals surface area contributed by atoms with Crippen molar-refractivity contribution in [3.63, 3.8) is 0 Å². The number of rotatable bonds is 5. The van der Waals surface area contributed by atoms with Crippen molar-refractivity contribution in [2.24, 2.45) is 5.41 Å². The summed E-state index contributed by atoms with van der Waals surface area (Å²) >= 11 is 13.7. The molecule has 0 aromatic heterocycles. The number of carbonyl (C=O) groups is 1. The van der Waals surface area contributed by atoms with E-state index < -0.39 is 4.33 Å². The van der Waals surface area contributed by atoms with Crippen molar-refractivity contribution in [3.05, 3.63) is 59.4 Å². The molecule has 0 radical (unpaired) electrons. The van der Waals surface area contributed by atoms with Crippen molar-refractivity contribution in [1.82, 2.24) is 9.80 Å². The number of nitrogen functional groups attached to an aromatic ring is 1. The predicted octanol–water partition coefficient (Wildman–Crippen LogP) is 6.16.